The predicted octanol–water partition coefficient (Wildman–Crippen LogP) is 4.05. The molecular weight excluding hydrogens is 329 g/mol. The zero-order valence-electron chi connectivity index (χ0n) is 13.4. The second-order valence-corrected chi connectivity index (χ2v) is 5.97. The number of piperidine rings is 1. The minimum absolute atomic E-state index is 0.0824. The van der Waals surface area contributed by atoms with Crippen LogP contribution in [0.2, 0.25) is 0 Å². The minimum atomic E-state index is -4.53. The Balaban J connectivity index is 1.82. The molecule has 1 atom stereocenters. The molecule has 1 aliphatic heterocycles. The van der Waals surface area contributed by atoms with E-state index in [1.807, 2.05) is 36.4 Å². The van der Waals surface area contributed by atoms with Gasteiger partial charge in [0.05, 0.1) is 5.56 Å². The third kappa shape index (κ3) is 4.02. The molecule has 0 bridgehead atoms. The molecule has 1 aromatic carbocycles. The molecular formula is C18H17F3N4. The van der Waals surface area contributed by atoms with Gasteiger partial charge in [-0.3, -0.25) is 0 Å². The maximum Gasteiger partial charge on any atom is 0.433 e. The van der Waals surface area contributed by atoms with Crippen LogP contribution in [-0.4, -0.2) is 24.1 Å². The number of nitrogens with zero attached hydrogens (tertiary/aromatic N) is 3. The number of aromatic nitrogens is 1. The average Bonchev–Trinajstić information content (AvgIpc) is 2.61. The van der Waals surface area contributed by atoms with Gasteiger partial charge in [-0.05, 0) is 37.1 Å². The first kappa shape index (κ1) is 17.1. The minimum Gasteiger partial charge on any atom is -0.381 e. The molecule has 0 amide bonds. The molecule has 1 fully saturated rings. The fourth-order valence-electron chi connectivity index (χ4n) is 2.99. The molecule has 0 aliphatic carbocycles. The molecule has 2 aromatic rings. The number of pyridine rings is 1. The quantitative estimate of drug-likeness (QED) is 0.911. The molecule has 1 N–H and O–H groups in total. The van der Waals surface area contributed by atoms with E-state index in [0.717, 1.165) is 24.6 Å². The Kier molecular flexibility index (Phi) is 4.79. The van der Waals surface area contributed by atoms with Crippen LogP contribution < -0.4 is 10.2 Å². The highest BCUT2D eigenvalue weighted by Crippen LogP contribution is 2.31. The molecule has 7 heteroatoms. The maximum atomic E-state index is 13.0. The van der Waals surface area contributed by atoms with Crippen LogP contribution in [0.4, 0.5) is 24.7 Å². The van der Waals surface area contributed by atoms with E-state index >= 15 is 0 Å². The summed E-state index contributed by atoms with van der Waals surface area (Å²) in [7, 11) is 0. The predicted molar refractivity (Wildman–Crippen MR) is 89.3 cm³/mol. The fraction of sp³-hybridized carbons (Fsp3) is 0.333. The monoisotopic (exact) mass is 346 g/mol. The zero-order valence-corrected chi connectivity index (χ0v) is 13.4. The summed E-state index contributed by atoms with van der Waals surface area (Å²) in [5.41, 5.74) is 0.153. The number of anilines is 2. The highest BCUT2D eigenvalue weighted by Gasteiger charge is 2.34. The summed E-state index contributed by atoms with van der Waals surface area (Å²) >= 11 is 0. The third-order valence-electron chi connectivity index (χ3n) is 4.15. The van der Waals surface area contributed by atoms with E-state index in [1.165, 1.54) is 6.07 Å². The number of nitriles is 1. The summed E-state index contributed by atoms with van der Waals surface area (Å²) < 4.78 is 38.9. The van der Waals surface area contributed by atoms with Gasteiger partial charge >= 0.3 is 6.18 Å². The van der Waals surface area contributed by atoms with Crippen molar-refractivity contribution in [2.24, 2.45) is 0 Å². The van der Waals surface area contributed by atoms with Crippen LogP contribution in [-0.2, 0) is 6.18 Å². The molecule has 1 aliphatic rings. The van der Waals surface area contributed by atoms with Crippen molar-refractivity contribution in [3.63, 3.8) is 0 Å². The van der Waals surface area contributed by atoms with Crippen LogP contribution in [0.3, 0.4) is 0 Å². The van der Waals surface area contributed by atoms with Gasteiger partial charge in [-0.2, -0.15) is 18.4 Å². The van der Waals surface area contributed by atoms with Gasteiger partial charge in [0.25, 0.3) is 0 Å². The fourth-order valence-corrected chi connectivity index (χ4v) is 2.99. The van der Waals surface area contributed by atoms with Crippen molar-refractivity contribution < 1.29 is 13.2 Å². The molecule has 1 aromatic heterocycles. The lowest BCUT2D eigenvalue weighted by Gasteiger charge is -2.35. The maximum absolute atomic E-state index is 13.0. The van der Waals surface area contributed by atoms with Crippen molar-refractivity contribution in [2.45, 2.75) is 25.1 Å². The van der Waals surface area contributed by atoms with E-state index in [-0.39, 0.29) is 17.4 Å². The Morgan fingerprint density at radius 2 is 1.92 bits per heavy atom. The summed E-state index contributed by atoms with van der Waals surface area (Å²) in [5.74, 6) is 0.108. The third-order valence-corrected chi connectivity index (χ3v) is 4.15. The normalized spacial score (nSPS) is 17.8. The summed E-state index contributed by atoms with van der Waals surface area (Å²) in [4.78, 5) is 5.49. The number of benzene rings is 1. The Morgan fingerprint density at radius 3 is 2.60 bits per heavy atom. The summed E-state index contributed by atoms with van der Waals surface area (Å²) in [6, 6.07) is 13.7. The molecule has 0 spiro atoms. The van der Waals surface area contributed by atoms with Crippen LogP contribution in [0.5, 0.6) is 0 Å². The highest BCUT2D eigenvalue weighted by atomic mass is 19.4. The van der Waals surface area contributed by atoms with Crippen molar-refractivity contribution in [2.75, 3.05) is 23.3 Å². The van der Waals surface area contributed by atoms with E-state index in [1.54, 1.807) is 4.90 Å². The van der Waals surface area contributed by atoms with E-state index < -0.39 is 11.9 Å². The summed E-state index contributed by atoms with van der Waals surface area (Å²) in [6.45, 7) is 1.08. The van der Waals surface area contributed by atoms with Gasteiger partial charge in [0, 0.05) is 24.8 Å². The van der Waals surface area contributed by atoms with Gasteiger partial charge in [-0.1, -0.05) is 18.2 Å². The lowest BCUT2D eigenvalue weighted by molar-refractivity contribution is -0.141. The largest absolute Gasteiger partial charge is 0.433 e. The van der Waals surface area contributed by atoms with Crippen LogP contribution in [0.15, 0.2) is 42.5 Å². The standard InChI is InChI=1S/C18H17F3N4/c19-18(20,21)16-9-8-13(11-22)17(24-16)25-10-4-7-15(12-25)23-14-5-2-1-3-6-14/h1-3,5-6,8-9,15,23H,4,7,10,12H2. The zero-order chi connectivity index (χ0) is 17.9. The molecule has 4 nitrogen and oxygen atoms in total. The van der Waals surface area contributed by atoms with Crippen LogP contribution in [0.25, 0.3) is 0 Å². The van der Waals surface area contributed by atoms with Gasteiger partial charge in [-0.25, -0.2) is 4.98 Å². The molecule has 1 saturated heterocycles. The summed E-state index contributed by atoms with van der Waals surface area (Å²) in [5, 5.41) is 12.6. The molecule has 0 radical (unpaired) electrons. The topological polar surface area (TPSA) is 52.0 Å². The van der Waals surface area contributed by atoms with E-state index in [9.17, 15) is 18.4 Å². The number of hydrogen-bond donors (Lipinski definition) is 1. The first-order valence-electron chi connectivity index (χ1n) is 8.02. The van der Waals surface area contributed by atoms with Gasteiger partial charge in [0.1, 0.15) is 17.6 Å². The van der Waals surface area contributed by atoms with Gasteiger partial charge < -0.3 is 10.2 Å². The molecule has 0 saturated carbocycles. The Bertz CT molecular complexity index is 768. The smallest absolute Gasteiger partial charge is 0.381 e. The molecule has 2 heterocycles. The number of para-hydroxylation sites is 1. The highest BCUT2D eigenvalue weighted by molar-refractivity contribution is 5.55. The van der Waals surface area contributed by atoms with E-state index in [2.05, 4.69) is 10.3 Å². The van der Waals surface area contributed by atoms with Crippen LogP contribution in [0.1, 0.15) is 24.1 Å². The molecule has 25 heavy (non-hydrogen) atoms. The lowest BCUT2D eigenvalue weighted by Crippen LogP contribution is -2.43. The van der Waals surface area contributed by atoms with Crippen molar-refractivity contribution in [3.8, 4) is 6.07 Å². The molecule has 1 unspecified atom stereocenters. The SMILES string of the molecule is N#Cc1ccc(C(F)(F)F)nc1N1CCCC(Nc2ccccc2)C1. The number of rotatable bonds is 3. The van der Waals surface area contributed by atoms with Crippen molar-refractivity contribution in [1.82, 2.24) is 4.98 Å². The Morgan fingerprint density at radius 1 is 1.16 bits per heavy atom. The van der Waals surface area contributed by atoms with Crippen molar-refractivity contribution in [3.05, 3.63) is 53.7 Å². The summed E-state index contributed by atoms with van der Waals surface area (Å²) in [6.07, 6.45) is -2.81. The number of hydrogen-bond acceptors (Lipinski definition) is 4. The van der Waals surface area contributed by atoms with Crippen LogP contribution in [0, 0.1) is 11.3 Å². The first-order valence-corrected chi connectivity index (χ1v) is 8.02. The average molecular weight is 346 g/mol. The van der Waals surface area contributed by atoms with E-state index in [4.69, 9.17) is 0 Å². The lowest BCUT2D eigenvalue weighted by atomic mass is 10.0. The van der Waals surface area contributed by atoms with Gasteiger partial charge in [-0.15, -0.1) is 0 Å². The van der Waals surface area contributed by atoms with Crippen molar-refractivity contribution >= 4 is 11.5 Å². The second-order valence-electron chi connectivity index (χ2n) is 5.97. The second kappa shape index (κ2) is 7.01. The molecule has 3 rings (SSSR count). The number of halogens is 3. The van der Waals surface area contributed by atoms with Gasteiger partial charge in [0.15, 0.2) is 0 Å². The van der Waals surface area contributed by atoms with Crippen LogP contribution >= 0.6 is 0 Å². The Hall–Kier alpha value is -2.75. The van der Waals surface area contributed by atoms with E-state index in [0.29, 0.717) is 13.1 Å². The molecule has 130 valence electrons. The van der Waals surface area contributed by atoms with Gasteiger partial charge in [0.2, 0.25) is 0 Å². The number of alkyl halides is 3. The first-order chi connectivity index (χ1) is 12.0. The number of nitrogens with one attached hydrogen (secondary N) is 1. The Labute approximate surface area is 143 Å². The van der Waals surface area contributed by atoms with Crippen molar-refractivity contribution in [1.29, 1.82) is 5.26 Å².